The third-order valence-corrected chi connectivity index (χ3v) is 5.14. The van der Waals surface area contributed by atoms with Crippen LogP contribution in [0.15, 0.2) is 81.4 Å². The van der Waals surface area contributed by atoms with E-state index >= 15 is 0 Å². The first-order valence-corrected chi connectivity index (χ1v) is 9.80. The molecule has 0 spiro atoms. The van der Waals surface area contributed by atoms with Gasteiger partial charge in [-0.1, -0.05) is 30.3 Å². The summed E-state index contributed by atoms with van der Waals surface area (Å²) in [5, 5.41) is 22.6. The van der Waals surface area contributed by atoms with Gasteiger partial charge in [0, 0.05) is 6.08 Å². The molecule has 0 saturated heterocycles. The number of hydrogen-bond donors (Lipinski definition) is 1. The molecule has 5 aromatic rings. The van der Waals surface area contributed by atoms with Crippen LogP contribution in [0.2, 0.25) is 0 Å². The molecular formula is C21H13N7OS. The van der Waals surface area contributed by atoms with Gasteiger partial charge in [-0.2, -0.15) is 9.94 Å². The van der Waals surface area contributed by atoms with Gasteiger partial charge >= 0.3 is 0 Å². The Bertz CT molecular complexity index is 1360. The summed E-state index contributed by atoms with van der Waals surface area (Å²) in [5.74, 6) is 1.03. The van der Waals surface area contributed by atoms with Crippen molar-refractivity contribution in [1.82, 2.24) is 30.2 Å². The molecule has 0 aliphatic rings. The fourth-order valence-electron chi connectivity index (χ4n) is 2.91. The number of H-pyrrole nitrogens is 1. The van der Waals surface area contributed by atoms with Gasteiger partial charge in [0.2, 0.25) is 5.16 Å². The number of imidazole rings is 1. The number of para-hydroxylation sites is 3. The molecule has 8 nitrogen and oxygen atoms in total. The van der Waals surface area contributed by atoms with Gasteiger partial charge in [0.05, 0.1) is 22.3 Å². The summed E-state index contributed by atoms with van der Waals surface area (Å²) in [6.07, 6.45) is 1.65. The predicted octanol–water partition coefficient (Wildman–Crippen LogP) is 4.35. The third-order valence-electron chi connectivity index (χ3n) is 4.29. The number of hydrogen-bond acceptors (Lipinski definition) is 7. The zero-order valence-corrected chi connectivity index (χ0v) is 16.2. The van der Waals surface area contributed by atoms with Gasteiger partial charge in [-0.05, 0) is 58.6 Å². The van der Waals surface area contributed by atoms with Crippen molar-refractivity contribution >= 4 is 34.4 Å². The number of rotatable bonds is 5. The van der Waals surface area contributed by atoms with Crippen LogP contribution in [-0.2, 0) is 0 Å². The lowest BCUT2D eigenvalue weighted by Crippen LogP contribution is -1.97. The fourth-order valence-corrected chi connectivity index (χ4v) is 3.67. The maximum absolute atomic E-state index is 9.59. The van der Waals surface area contributed by atoms with E-state index in [9.17, 15) is 5.26 Å². The molecule has 1 N–H and O–H groups in total. The van der Waals surface area contributed by atoms with Crippen LogP contribution in [0.5, 0.6) is 0 Å². The highest BCUT2D eigenvalue weighted by atomic mass is 32.2. The second-order valence-corrected chi connectivity index (χ2v) is 7.21. The monoisotopic (exact) mass is 411 g/mol. The summed E-state index contributed by atoms with van der Waals surface area (Å²) in [4.78, 5) is 7.63. The number of tetrazole rings is 1. The van der Waals surface area contributed by atoms with E-state index < -0.39 is 0 Å². The van der Waals surface area contributed by atoms with Crippen LogP contribution >= 0.6 is 11.8 Å². The standard InChI is InChI=1S/C21H13N7OS/c22-13-14(20-23-17-8-4-5-9-18(17)24-20)12-16-10-11-19(29-16)30-21-25-26-27-28(21)15-6-2-1-3-7-15/h1-12H,(H,23,24)/b14-12+. The van der Waals surface area contributed by atoms with E-state index in [0.29, 0.717) is 27.4 Å². The molecule has 5 rings (SSSR count). The third kappa shape index (κ3) is 3.47. The molecule has 0 atom stereocenters. The van der Waals surface area contributed by atoms with Crippen LogP contribution in [0.25, 0.3) is 28.4 Å². The Balaban J connectivity index is 1.41. The van der Waals surface area contributed by atoms with Gasteiger partial charge in [-0.3, -0.25) is 0 Å². The van der Waals surface area contributed by atoms with Gasteiger partial charge in [-0.15, -0.1) is 5.10 Å². The molecule has 3 heterocycles. The number of aromatic nitrogens is 6. The molecule has 0 unspecified atom stereocenters. The highest BCUT2D eigenvalue weighted by Gasteiger charge is 2.13. The number of nitrogens with one attached hydrogen (secondary N) is 1. The van der Waals surface area contributed by atoms with Crippen molar-refractivity contribution in [2.24, 2.45) is 0 Å². The smallest absolute Gasteiger partial charge is 0.221 e. The van der Waals surface area contributed by atoms with Crippen molar-refractivity contribution in [2.45, 2.75) is 10.2 Å². The Morgan fingerprint density at radius 3 is 2.73 bits per heavy atom. The van der Waals surface area contributed by atoms with Crippen LogP contribution in [0.4, 0.5) is 0 Å². The van der Waals surface area contributed by atoms with Crippen molar-refractivity contribution in [3.8, 4) is 11.8 Å². The van der Waals surface area contributed by atoms with Crippen molar-refractivity contribution in [2.75, 3.05) is 0 Å². The van der Waals surface area contributed by atoms with E-state index in [4.69, 9.17) is 4.42 Å². The van der Waals surface area contributed by atoms with E-state index in [0.717, 1.165) is 16.7 Å². The Morgan fingerprint density at radius 1 is 1.07 bits per heavy atom. The minimum absolute atomic E-state index is 0.381. The fraction of sp³-hybridized carbons (Fsp3) is 0. The lowest BCUT2D eigenvalue weighted by molar-refractivity contribution is 0.465. The lowest BCUT2D eigenvalue weighted by Gasteiger charge is -2.01. The molecule has 0 amide bonds. The Hall–Kier alpha value is -4.16. The summed E-state index contributed by atoms with van der Waals surface area (Å²) in [6, 6.07) is 23.0. The van der Waals surface area contributed by atoms with Crippen molar-refractivity contribution in [3.05, 3.63) is 78.3 Å². The van der Waals surface area contributed by atoms with Crippen LogP contribution in [0.1, 0.15) is 11.6 Å². The zero-order valence-electron chi connectivity index (χ0n) is 15.4. The van der Waals surface area contributed by atoms with Gasteiger partial charge in [-0.25, -0.2) is 4.98 Å². The first-order valence-electron chi connectivity index (χ1n) is 8.98. The van der Waals surface area contributed by atoms with Crippen LogP contribution in [0, 0.1) is 11.3 Å². The molecule has 3 aromatic heterocycles. The predicted molar refractivity (Wildman–Crippen MR) is 112 cm³/mol. The summed E-state index contributed by atoms with van der Waals surface area (Å²) in [6.45, 7) is 0. The van der Waals surface area contributed by atoms with E-state index in [1.54, 1.807) is 16.8 Å². The first-order chi connectivity index (χ1) is 14.8. The minimum Gasteiger partial charge on any atom is -0.450 e. The molecule has 0 radical (unpaired) electrons. The molecule has 30 heavy (non-hydrogen) atoms. The Morgan fingerprint density at radius 2 is 1.90 bits per heavy atom. The maximum atomic E-state index is 9.59. The molecular weight excluding hydrogens is 398 g/mol. The molecule has 0 saturated carbocycles. The van der Waals surface area contributed by atoms with Crippen LogP contribution < -0.4 is 0 Å². The molecule has 144 valence electrons. The summed E-state index contributed by atoms with van der Waals surface area (Å²) < 4.78 is 7.50. The summed E-state index contributed by atoms with van der Waals surface area (Å²) in [5.41, 5.74) is 2.91. The van der Waals surface area contributed by atoms with Crippen LogP contribution in [0.3, 0.4) is 0 Å². The van der Waals surface area contributed by atoms with Crippen molar-refractivity contribution < 1.29 is 4.42 Å². The SMILES string of the molecule is N#C/C(=C\c1ccc(Sc2nnnn2-c2ccccc2)o1)c1nc2ccccc2[nH]1. The Labute approximate surface area is 174 Å². The molecule has 0 aliphatic carbocycles. The average molecular weight is 411 g/mol. The maximum Gasteiger partial charge on any atom is 0.221 e. The van der Waals surface area contributed by atoms with Gasteiger partial charge in [0.25, 0.3) is 0 Å². The number of nitriles is 1. The number of furan rings is 1. The molecule has 0 aliphatic heterocycles. The lowest BCUT2D eigenvalue weighted by atomic mass is 10.2. The number of nitrogens with zero attached hydrogens (tertiary/aromatic N) is 6. The zero-order chi connectivity index (χ0) is 20.3. The topological polar surface area (TPSA) is 109 Å². The highest BCUT2D eigenvalue weighted by molar-refractivity contribution is 7.99. The highest BCUT2D eigenvalue weighted by Crippen LogP contribution is 2.30. The average Bonchev–Trinajstić information content (AvgIpc) is 3.52. The molecule has 9 heteroatoms. The van der Waals surface area contributed by atoms with Crippen molar-refractivity contribution in [3.63, 3.8) is 0 Å². The first kappa shape index (κ1) is 17.9. The van der Waals surface area contributed by atoms with Gasteiger partial charge in [0.15, 0.2) is 5.09 Å². The molecule has 0 bridgehead atoms. The van der Waals surface area contributed by atoms with Gasteiger partial charge < -0.3 is 9.40 Å². The number of allylic oxidation sites excluding steroid dienone is 1. The van der Waals surface area contributed by atoms with E-state index in [2.05, 4.69) is 31.6 Å². The van der Waals surface area contributed by atoms with E-state index in [-0.39, 0.29) is 0 Å². The summed E-state index contributed by atoms with van der Waals surface area (Å²) in [7, 11) is 0. The second-order valence-electron chi connectivity index (χ2n) is 6.24. The second kappa shape index (κ2) is 7.69. The minimum atomic E-state index is 0.381. The molecule has 0 fully saturated rings. The number of benzene rings is 2. The normalized spacial score (nSPS) is 11.6. The van der Waals surface area contributed by atoms with Gasteiger partial charge in [0.1, 0.15) is 17.7 Å². The number of fused-ring (bicyclic) bond motifs is 1. The summed E-state index contributed by atoms with van der Waals surface area (Å²) >= 11 is 1.30. The quantitative estimate of drug-likeness (QED) is 0.428. The molecule has 2 aromatic carbocycles. The van der Waals surface area contributed by atoms with E-state index in [1.807, 2.05) is 60.7 Å². The Kier molecular flexibility index (Phi) is 4.59. The van der Waals surface area contributed by atoms with Crippen LogP contribution in [-0.4, -0.2) is 30.2 Å². The number of aromatic amines is 1. The van der Waals surface area contributed by atoms with Crippen molar-refractivity contribution in [1.29, 1.82) is 5.26 Å². The largest absolute Gasteiger partial charge is 0.450 e. The van der Waals surface area contributed by atoms with E-state index in [1.165, 1.54) is 11.8 Å².